The summed E-state index contributed by atoms with van der Waals surface area (Å²) in [7, 11) is 0. The van der Waals surface area contributed by atoms with E-state index in [0.717, 1.165) is 35.6 Å². The Bertz CT molecular complexity index is 864. The minimum absolute atomic E-state index is 0.0195. The Kier molecular flexibility index (Phi) is 4.63. The van der Waals surface area contributed by atoms with E-state index in [1.807, 2.05) is 30.3 Å². The molecule has 27 heavy (non-hydrogen) atoms. The van der Waals surface area contributed by atoms with Gasteiger partial charge in [-0.05, 0) is 42.7 Å². The quantitative estimate of drug-likeness (QED) is 0.808. The van der Waals surface area contributed by atoms with Crippen molar-refractivity contribution in [1.29, 1.82) is 0 Å². The van der Waals surface area contributed by atoms with Gasteiger partial charge >= 0.3 is 0 Å². The van der Waals surface area contributed by atoms with Crippen LogP contribution >= 0.6 is 0 Å². The molecule has 2 aromatic carbocycles. The van der Waals surface area contributed by atoms with Crippen molar-refractivity contribution in [3.05, 3.63) is 42.0 Å². The average molecular weight is 367 g/mol. The van der Waals surface area contributed by atoms with Crippen molar-refractivity contribution in [2.24, 2.45) is 11.8 Å². The van der Waals surface area contributed by atoms with Gasteiger partial charge in [-0.15, -0.1) is 0 Å². The second kappa shape index (κ2) is 6.83. The number of hydrogen-bond donors (Lipinski definition) is 2. The second-order valence-corrected chi connectivity index (χ2v) is 8.71. The Labute approximate surface area is 160 Å². The largest absolute Gasteiger partial charge is 0.507 e. The molecular formula is C23H29NO3. The van der Waals surface area contributed by atoms with Crippen LogP contribution in [-0.4, -0.2) is 22.7 Å². The highest BCUT2D eigenvalue weighted by Crippen LogP contribution is 2.49. The number of rotatable bonds is 2. The summed E-state index contributed by atoms with van der Waals surface area (Å²) in [5.41, 5.74) is 0.815. The van der Waals surface area contributed by atoms with Crippen LogP contribution in [-0.2, 0) is 9.53 Å². The van der Waals surface area contributed by atoms with Crippen LogP contribution in [0.25, 0.3) is 10.8 Å². The van der Waals surface area contributed by atoms with Gasteiger partial charge in [0.25, 0.3) is 0 Å². The van der Waals surface area contributed by atoms with Crippen LogP contribution in [0.5, 0.6) is 5.75 Å². The lowest BCUT2D eigenvalue weighted by Crippen LogP contribution is -2.60. The molecule has 0 unspecified atom stereocenters. The molecule has 1 saturated carbocycles. The lowest BCUT2D eigenvalue weighted by Gasteiger charge is -2.52. The van der Waals surface area contributed by atoms with Gasteiger partial charge in [-0.2, -0.15) is 0 Å². The van der Waals surface area contributed by atoms with Gasteiger partial charge < -0.3 is 15.2 Å². The third-order valence-corrected chi connectivity index (χ3v) is 6.56. The van der Waals surface area contributed by atoms with E-state index >= 15 is 0 Å². The Morgan fingerprint density at radius 3 is 2.67 bits per heavy atom. The normalized spacial score (nSPS) is 33.4. The molecule has 0 radical (unpaired) electrons. The summed E-state index contributed by atoms with van der Waals surface area (Å²) in [4.78, 5) is 12.0. The maximum absolute atomic E-state index is 12.0. The van der Waals surface area contributed by atoms with Gasteiger partial charge in [0.05, 0.1) is 12.2 Å². The van der Waals surface area contributed by atoms with Crippen LogP contribution in [0.1, 0.15) is 58.1 Å². The zero-order chi connectivity index (χ0) is 19.2. The fraction of sp³-hybridized carbons (Fsp3) is 0.522. The van der Waals surface area contributed by atoms with Crippen molar-refractivity contribution < 1.29 is 14.6 Å². The molecule has 1 aliphatic heterocycles. The molecule has 0 aromatic heterocycles. The van der Waals surface area contributed by atoms with Gasteiger partial charge in [0.1, 0.15) is 5.75 Å². The van der Waals surface area contributed by atoms with E-state index in [2.05, 4.69) is 19.2 Å². The molecule has 1 aliphatic carbocycles. The van der Waals surface area contributed by atoms with E-state index < -0.39 is 0 Å². The number of phenols is 1. The van der Waals surface area contributed by atoms with Crippen molar-refractivity contribution in [3.8, 4) is 5.75 Å². The highest BCUT2D eigenvalue weighted by atomic mass is 16.5. The second-order valence-electron chi connectivity index (χ2n) is 8.71. The minimum atomic E-state index is -0.279. The Morgan fingerprint density at radius 1 is 1.19 bits per heavy atom. The van der Waals surface area contributed by atoms with Crippen LogP contribution in [0.2, 0.25) is 0 Å². The monoisotopic (exact) mass is 367 g/mol. The molecular weight excluding hydrogens is 338 g/mol. The molecule has 2 N–H and O–H groups in total. The number of carbonyl (C=O) groups excluding carboxylic acids is 1. The number of hydrogen-bond acceptors (Lipinski definition) is 3. The van der Waals surface area contributed by atoms with Gasteiger partial charge in [0.2, 0.25) is 5.91 Å². The molecule has 4 heteroatoms. The van der Waals surface area contributed by atoms with E-state index in [1.165, 1.54) is 6.42 Å². The van der Waals surface area contributed by atoms with Crippen molar-refractivity contribution in [1.82, 2.24) is 5.32 Å². The molecule has 0 spiro atoms. The minimum Gasteiger partial charge on any atom is -0.507 e. The molecule has 5 atom stereocenters. The topological polar surface area (TPSA) is 58.6 Å². The number of aromatic hydroxyl groups is 1. The first kappa shape index (κ1) is 18.3. The summed E-state index contributed by atoms with van der Waals surface area (Å²) < 4.78 is 6.64. The van der Waals surface area contributed by atoms with E-state index in [4.69, 9.17) is 4.74 Å². The highest BCUT2D eigenvalue weighted by Gasteiger charge is 2.49. The average Bonchev–Trinajstić information content (AvgIpc) is 2.61. The van der Waals surface area contributed by atoms with Crippen LogP contribution in [0, 0.1) is 11.8 Å². The first-order chi connectivity index (χ1) is 12.9. The smallest absolute Gasteiger partial charge is 0.217 e. The maximum atomic E-state index is 12.0. The molecule has 0 bridgehead atoms. The van der Waals surface area contributed by atoms with Crippen molar-refractivity contribution in [2.45, 2.75) is 64.2 Å². The first-order valence-electron chi connectivity index (χ1n) is 10.0. The van der Waals surface area contributed by atoms with Crippen LogP contribution in [0.3, 0.4) is 0 Å². The standard InChI is InChI=1S/C23H29NO3/c1-14-8-10-19-21(12-14)27-22(13-23(19,3)24-15(2)25)18-9-11-20(26)17-7-5-4-6-16(17)18/h4-7,9,11,14,19,21-22,26H,8,10,12-13H2,1-3H3,(H,24,25)/t14-,19-,21-,22-,23-/m1/s1. The summed E-state index contributed by atoms with van der Waals surface area (Å²) in [5.74, 6) is 1.30. The van der Waals surface area contributed by atoms with Crippen LogP contribution in [0.4, 0.5) is 0 Å². The van der Waals surface area contributed by atoms with Gasteiger partial charge in [0.15, 0.2) is 0 Å². The van der Waals surface area contributed by atoms with Crippen LogP contribution in [0.15, 0.2) is 36.4 Å². The Balaban J connectivity index is 1.75. The van der Waals surface area contributed by atoms with Gasteiger partial charge in [-0.25, -0.2) is 0 Å². The summed E-state index contributed by atoms with van der Waals surface area (Å²) >= 11 is 0. The lowest BCUT2D eigenvalue weighted by molar-refractivity contribution is -0.152. The lowest BCUT2D eigenvalue weighted by atomic mass is 9.66. The number of ether oxygens (including phenoxy) is 1. The van der Waals surface area contributed by atoms with Gasteiger partial charge in [-0.1, -0.05) is 43.7 Å². The molecule has 144 valence electrons. The van der Waals surface area contributed by atoms with E-state index in [0.29, 0.717) is 17.6 Å². The Hall–Kier alpha value is -2.07. The number of benzene rings is 2. The van der Waals surface area contributed by atoms with E-state index in [-0.39, 0.29) is 23.7 Å². The van der Waals surface area contributed by atoms with Gasteiger partial charge in [0, 0.05) is 30.2 Å². The molecule has 2 fully saturated rings. The first-order valence-corrected chi connectivity index (χ1v) is 10.0. The summed E-state index contributed by atoms with van der Waals surface area (Å²) in [6.45, 7) is 6.07. The van der Waals surface area contributed by atoms with Crippen molar-refractivity contribution in [2.75, 3.05) is 0 Å². The third kappa shape index (κ3) is 3.31. The summed E-state index contributed by atoms with van der Waals surface area (Å²) in [6, 6.07) is 11.6. The predicted octanol–water partition coefficient (Wildman–Crippen LogP) is 4.71. The Morgan fingerprint density at radius 2 is 1.93 bits per heavy atom. The van der Waals surface area contributed by atoms with E-state index in [9.17, 15) is 9.90 Å². The van der Waals surface area contributed by atoms with Crippen molar-refractivity contribution >= 4 is 16.7 Å². The molecule has 1 heterocycles. The summed E-state index contributed by atoms with van der Waals surface area (Å²) in [5, 5.41) is 15.4. The molecule has 2 aliphatic rings. The van der Waals surface area contributed by atoms with Crippen LogP contribution < -0.4 is 5.32 Å². The fourth-order valence-corrected chi connectivity index (χ4v) is 5.32. The molecule has 1 amide bonds. The summed E-state index contributed by atoms with van der Waals surface area (Å²) in [6.07, 6.45) is 4.11. The molecule has 2 aromatic rings. The third-order valence-electron chi connectivity index (χ3n) is 6.56. The highest BCUT2D eigenvalue weighted by molar-refractivity contribution is 5.91. The van der Waals surface area contributed by atoms with Crippen molar-refractivity contribution in [3.63, 3.8) is 0 Å². The van der Waals surface area contributed by atoms with Gasteiger partial charge in [-0.3, -0.25) is 4.79 Å². The molecule has 1 saturated heterocycles. The fourth-order valence-electron chi connectivity index (χ4n) is 5.32. The number of nitrogens with one attached hydrogen (secondary N) is 1. The number of amides is 1. The molecule has 4 rings (SSSR count). The van der Waals surface area contributed by atoms with E-state index in [1.54, 1.807) is 13.0 Å². The SMILES string of the molecule is CC(=O)N[C@]1(C)C[C@H](c2ccc(O)c3ccccc23)O[C@@H]2C[C@H](C)CC[C@H]21. The zero-order valence-corrected chi connectivity index (χ0v) is 16.4. The predicted molar refractivity (Wildman–Crippen MR) is 107 cm³/mol. The molecule has 4 nitrogen and oxygen atoms in total. The maximum Gasteiger partial charge on any atom is 0.217 e. The number of fused-ring (bicyclic) bond motifs is 2. The number of phenolic OH excluding ortho intramolecular Hbond substituents is 1. The number of carbonyl (C=O) groups is 1. The zero-order valence-electron chi connectivity index (χ0n) is 16.4.